The lowest BCUT2D eigenvalue weighted by Gasteiger charge is -2.16. The van der Waals surface area contributed by atoms with Gasteiger partial charge in [0.05, 0.1) is 20.1 Å². The summed E-state index contributed by atoms with van der Waals surface area (Å²) in [6.45, 7) is 0. The Balaban J connectivity index is 2.63. The predicted octanol–water partition coefficient (Wildman–Crippen LogP) is 2.24. The van der Waals surface area contributed by atoms with Crippen molar-refractivity contribution in [1.29, 1.82) is 0 Å². The van der Waals surface area contributed by atoms with Crippen LogP contribution in [0.5, 0.6) is 11.5 Å². The number of carbonyl (C=O) groups is 2. The Kier molecular flexibility index (Phi) is 3.74. The lowest BCUT2D eigenvalue weighted by atomic mass is 9.92. The highest BCUT2D eigenvalue weighted by Gasteiger charge is 2.30. The molecule has 0 aliphatic heterocycles. The molecule has 1 aromatic rings. The fourth-order valence-corrected chi connectivity index (χ4v) is 2.44. The SMILES string of the molecule is COc1cc2c(cc1OC)C(C(=O)O)CCCC2=O. The van der Waals surface area contributed by atoms with E-state index in [1.165, 1.54) is 14.2 Å². The van der Waals surface area contributed by atoms with E-state index in [1.807, 2.05) is 0 Å². The van der Waals surface area contributed by atoms with Crippen molar-refractivity contribution in [2.24, 2.45) is 0 Å². The average molecular weight is 264 g/mol. The third-order valence-corrected chi connectivity index (χ3v) is 3.43. The largest absolute Gasteiger partial charge is 0.493 e. The molecule has 0 spiro atoms. The van der Waals surface area contributed by atoms with Crippen LogP contribution >= 0.6 is 0 Å². The van der Waals surface area contributed by atoms with Gasteiger partial charge in [-0.2, -0.15) is 0 Å². The Morgan fingerprint density at radius 2 is 1.89 bits per heavy atom. The first kappa shape index (κ1) is 13.4. The molecular formula is C14H16O5. The minimum absolute atomic E-state index is 0.0419. The number of ether oxygens (including phenoxy) is 2. The molecule has 1 aliphatic rings. The van der Waals surface area contributed by atoms with Crippen LogP contribution < -0.4 is 9.47 Å². The maximum Gasteiger partial charge on any atom is 0.310 e. The van der Waals surface area contributed by atoms with Gasteiger partial charge in [-0.05, 0) is 30.5 Å². The van der Waals surface area contributed by atoms with Gasteiger partial charge in [0.15, 0.2) is 17.3 Å². The number of benzene rings is 1. The molecule has 5 nitrogen and oxygen atoms in total. The Labute approximate surface area is 111 Å². The Bertz CT molecular complexity index is 521. The van der Waals surface area contributed by atoms with Crippen molar-refractivity contribution >= 4 is 11.8 Å². The number of hydrogen-bond donors (Lipinski definition) is 1. The summed E-state index contributed by atoms with van der Waals surface area (Å²) >= 11 is 0. The monoisotopic (exact) mass is 264 g/mol. The second-order valence-corrected chi connectivity index (χ2v) is 4.50. The number of carbonyl (C=O) groups excluding carboxylic acids is 1. The fourth-order valence-electron chi connectivity index (χ4n) is 2.44. The topological polar surface area (TPSA) is 72.8 Å². The van der Waals surface area contributed by atoms with Gasteiger partial charge in [-0.25, -0.2) is 0 Å². The van der Waals surface area contributed by atoms with Gasteiger partial charge >= 0.3 is 5.97 Å². The molecule has 1 unspecified atom stereocenters. The molecule has 0 bridgehead atoms. The van der Waals surface area contributed by atoms with Crippen LogP contribution in [-0.2, 0) is 4.79 Å². The number of rotatable bonds is 3. The number of Topliss-reactive ketones (excluding diaryl/α,β-unsaturated/α-hetero) is 1. The quantitative estimate of drug-likeness (QED) is 0.847. The normalized spacial score (nSPS) is 18.4. The molecular weight excluding hydrogens is 248 g/mol. The van der Waals surface area contributed by atoms with Crippen molar-refractivity contribution in [1.82, 2.24) is 0 Å². The van der Waals surface area contributed by atoms with Gasteiger partial charge < -0.3 is 14.6 Å². The number of carboxylic acid groups (broad SMARTS) is 1. The molecule has 1 aliphatic carbocycles. The van der Waals surface area contributed by atoms with Crippen LogP contribution in [0.15, 0.2) is 12.1 Å². The van der Waals surface area contributed by atoms with Crippen LogP contribution in [0.25, 0.3) is 0 Å². The van der Waals surface area contributed by atoms with Crippen molar-refractivity contribution in [3.63, 3.8) is 0 Å². The van der Waals surface area contributed by atoms with Gasteiger partial charge in [0, 0.05) is 12.0 Å². The Morgan fingerprint density at radius 1 is 1.26 bits per heavy atom. The average Bonchev–Trinajstić information content (AvgIpc) is 2.56. The van der Waals surface area contributed by atoms with Crippen molar-refractivity contribution < 1.29 is 24.2 Å². The first-order valence-electron chi connectivity index (χ1n) is 6.10. The third kappa shape index (κ3) is 2.41. The predicted molar refractivity (Wildman–Crippen MR) is 68.1 cm³/mol. The highest BCUT2D eigenvalue weighted by atomic mass is 16.5. The zero-order valence-electron chi connectivity index (χ0n) is 10.9. The molecule has 1 N–H and O–H groups in total. The van der Waals surface area contributed by atoms with Crippen molar-refractivity contribution in [2.75, 3.05) is 14.2 Å². The maximum absolute atomic E-state index is 12.1. The molecule has 0 fully saturated rings. The van der Waals surface area contributed by atoms with E-state index in [1.54, 1.807) is 12.1 Å². The van der Waals surface area contributed by atoms with Crippen molar-refractivity contribution in [2.45, 2.75) is 25.2 Å². The van der Waals surface area contributed by atoms with E-state index in [-0.39, 0.29) is 5.78 Å². The molecule has 19 heavy (non-hydrogen) atoms. The Morgan fingerprint density at radius 3 is 2.47 bits per heavy atom. The highest BCUT2D eigenvalue weighted by Crippen LogP contribution is 2.38. The molecule has 0 saturated heterocycles. The van der Waals surface area contributed by atoms with Crippen molar-refractivity contribution in [3.05, 3.63) is 23.3 Å². The second kappa shape index (κ2) is 5.30. The van der Waals surface area contributed by atoms with Gasteiger partial charge in [0.2, 0.25) is 0 Å². The maximum atomic E-state index is 12.1. The van der Waals surface area contributed by atoms with E-state index in [9.17, 15) is 14.7 Å². The molecule has 2 rings (SSSR count). The van der Waals surface area contributed by atoms with Gasteiger partial charge in [-0.1, -0.05) is 0 Å². The summed E-state index contributed by atoms with van der Waals surface area (Å²) in [6, 6.07) is 3.19. The summed E-state index contributed by atoms with van der Waals surface area (Å²) in [5, 5.41) is 9.30. The van der Waals surface area contributed by atoms with Crippen LogP contribution in [0.4, 0.5) is 0 Å². The molecule has 0 heterocycles. The van der Waals surface area contributed by atoms with E-state index in [0.717, 1.165) is 0 Å². The summed E-state index contributed by atoms with van der Waals surface area (Å²) < 4.78 is 10.3. The zero-order valence-corrected chi connectivity index (χ0v) is 10.9. The molecule has 1 atom stereocenters. The second-order valence-electron chi connectivity index (χ2n) is 4.50. The van der Waals surface area contributed by atoms with Crippen molar-refractivity contribution in [3.8, 4) is 11.5 Å². The molecule has 0 aromatic heterocycles. The Hall–Kier alpha value is -2.04. The van der Waals surface area contributed by atoms with E-state index in [0.29, 0.717) is 41.9 Å². The summed E-state index contributed by atoms with van der Waals surface area (Å²) in [4.78, 5) is 23.4. The molecule has 102 valence electrons. The molecule has 5 heteroatoms. The van der Waals surface area contributed by atoms with Crippen LogP contribution in [-0.4, -0.2) is 31.1 Å². The number of methoxy groups -OCH3 is 2. The van der Waals surface area contributed by atoms with Crippen LogP contribution in [0, 0.1) is 0 Å². The fraction of sp³-hybridized carbons (Fsp3) is 0.429. The van der Waals surface area contributed by atoms with Gasteiger partial charge in [-0.3, -0.25) is 9.59 Å². The van der Waals surface area contributed by atoms with E-state index >= 15 is 0 Å². The van der Waals surface area contributed by atoms with Gasteiger partial charge in [-0.15, -0.1) is 0 Å². The number of ketones is 1. The molecule has 0 radical (unpaired) electrons. The minimum atomic E-state index is -0.914. The van der Waals surface area contributed by atoms with Crippen LogP contribution in [0.1, 0.15) is 41.1 Å². The lowest BCUT2D eigenvalue weighted by Crippen LogP contribution is -2.13. The number of hydrogen-bond acceptors (Lipinski definition) is 4. The van der Waals surface area contributed by atoms with Gasteiger partial charge in [0.1, 0.15) is 0 Å². The zero-order chi connectivity index (χ0) is 14.0. The summed E-state index contributed by atoms with van der Waals surface area (Å²) in [5.41, 5.74) is 0.954. The highest BCUT2D eigenvalue weighted by molar-refractivity contribution is 6.00. The number of aliphatic carboxylic acids is 1. The van der Waals surface area contributed by atoms with E-state index in [2.05, 4.69) is 0 Å². The van der Waals surface area contributed by atoms with E-state index in [4.69, 9.17) is 9.47 Å². The summed E-state index contributed by atoms with van der Waals surface area (Å²) in [6.07, 6.45) is 1.41. The van der Waals surface area contributed by atoms with Crippen LogP contribution in [0.2, 0.25) is 0 Å². The molecule has 1 aromatic carbocycles. The number of fused-ring (bicyclic) bond motifs is 1. The lowest BCUT2D eigenvalue weighted by molar-refractivity contribution is -0.139. The van der Waals surface area contributed by atoms with Gasteiger partial charge in [0.25, 0.3) is 0 Å². The smallest absolute Gasteiger partial charge is 0.310 e. The summed E-state index contributed by atoms with van der Waals surface area (Å²) in [7, 11) is 2.97. The summed E-state index contributed by atoms with van der Waals surface area (Å²) in [5.74, 6) is -0.730. The standard InChI is InChI=1S/C14H16O5/c1-18-12-6-9-8(14(16)17)4-3-5-11(15)10(9)7-13(12)19-2/h6-8H,3-5H2,1-2H3,(H,16,17). The molecule has 0 saturated carbocycles. The third-order valence-electron chi connectivity index (χ3n) is 3.43. The molecule has 0 amide bonds. The first-order chi connectivity index (χ1) is 9.08. The van der Waals surface area contributed by atoms with E-state index < -0.39 is 11.9 Å². The van der Waals surface area contributed by atoms with Crippen LogP contribution in [0.3, 0.4) is 0 Å². The first-order valence-corrected chi connectivity index (χ1v) is 6.10. The number of carboxylic acids is 1. The minimum Gasteiger partial charge on any atom is -0.493 e.